The van der Waals surface area contributed by atoms with Gasteiger partial charge in [0.2, 0.25) is 5.91 Å². The lowest BCUT2D eigenvalue weighted by Crippen LogP contribution is -2.41. The highest BCUT2D eigenvalue weighted by atomic mass is 32.1. The molecule has 0 atom stereocenters. The number of anilines is 1. The fraction of sp³-hybridized carbons (Fsp3) is 0.400. The maximum Gasteiger partial charge on any atom is 0.257 e. The summed E-state index contributed by atoms with van der Waals surface area (Å²) in [6.45, 7) is 7.03. The largest absolute Gasteiger partial charge is 0.378 e. The van der Waals surface area contributed by atoms with Gasteiger partial charge in [-0.2, -0.15) is 0 Å². The Hall–Kier alpha value is -2.59. The van der Waals surface area contributed by atoms with Crippen LogP contribution in [0.25, 0.3) is 10.4 Å². The summed E-state index contributed by atoms with van der Waals surface area (Å²) in [4.78, 5) is 35.8. The second-order valence-corrected chi connectivity index (χ2v) is 10.3. The zero-order valence-corrected chi connectivity index (χ0v) is 21.4. The number of hydrogen-bond acceptors (Lipinski definition) is 7. The number of carbonyl (C=O) groups is 2. The Balaban J connectivity index is 1.54. The van der Waals surface area contributed by atoms with Gasteiger partial charge in [-0.1, -0.05) is 37.3 Å². The van der Waals surface area contributed by atoms with E-state index in [1.165, 1.54) is 11.3 Å². The molecule has 180 valence electrons. The minimum absolute atomic E-state index is 0.0579. The number of aromatic nitrogens is 1. The number of hydrogen-bond donors (Lipinski definition) is 1. The Bertz CT molecular complexity index is 1140. The van der Waals surface area contributed by atoms with Gasteiger partial charge in [0.05, 0.1) is 36.0 Å². The average molecular weight is 499 g/mol. The van der Waals surface area contributed by atoms with Crippen LogP contribution in [0.5, 0.6) is 0 Å². The van der Waals surface area contributed by atoms with Crippen LogP contribution in [0, 0.1) is 6.92 Å². The lowest BCUT2D eigenvalue weighted by Gasteiger charge is -2.27. The first kappa shape index (κ1) is 24.5. The second-order valence-electron chi connectivity index (χ2n) is 8.34. The van der Waals surface area contributed by atoms with Gasteiger partial charge < -0.3 is 15.0 Å². The molecule has 34 heavy (non-hydrogen) atoms. The zero-order valence-electron chi connectivity index (χ0n) is 19.8. The molecule has 1 aromatic carbocycles. The lowest BCUT2D eigenvalue weighted by molar-refractivity contribution is -0.117. The van der Waals surface area contributed by atoms with Crippen molar-refractivity contribution in [2.24, 2.45) is 0 Å². The number of likely N-dealkylation sites (N-methyl/N-ethyl adjacent to an activating group) is 1. The molecule has 0 spiro atoms. The number of amides is 2. The number of ether oxygens (including phenoxy) is 1. The molecule has 2 aromatic heterocycles. The summed E-state index contributed by atoms with van der Waals surface area (Å²) in [7, 11) is 1.90. The molecule has 3 aromatic rings. The Labute approximate surface area is 208 Å². The first-order valence-electron chi connectivity index (χ1n) is 11.4. The van der Waals surface area contributed by atoms with Gasteiger partial charge in [-0.05, 0) is 31.5 Å². The first-order chi connectivity index (χ1) is 16.5. The second kappa shape index (κ2) is 11.2. The maximum absolute atomic E-state index is 13.5. The highest BCUT2D eigenvalue weighted by molar-refractivity contribution is 7.20. The van der Waals surface area contributed by atoms with E-state index in [1.54, 1.807) is 11.3 Å². The van der Waals surface area contributed by atoms with Gasteiger partial charge in [0.25, 0.3) is 5.91 Å². The van der Waals surface area contributed by atoms with Crippen molar-refractivity contribution in [1.82, 2.24) is 14.8 Å². The first-order valence-corrected chi connectivity index (χ1v) is 13.1. The fourth-order valence-corrected chi connectivity index (χ4v) is 5.93. The molecule has 2 amide bonds. The number of rotatable bonds is 8. The van der Waals surface area contributed by atoms with Crippen molar-refractivity contribution in [2.75, 3.05) is 45.2 Å². The molecule has 1 fully saturated rings. The molecule has 0 saturated carbocycles. The topological polar surface area (TPSA) is 74.8 Å². The van der Waals surface area contributed by atoms with Crippen LogP contribution >= 0.6 is 22.7 Å². The lowest BCUT2D eigenvalue weighted by atomic mass is 10.1. The summed E-state index contributed by atoms with van der Waals surface area (Å²) < 4.78 is 5.42. The van der Waals surface area contributed by atoms with E-state index in [2.05, 4.69) is 17.2 Å². The van der Waals surface area contributed by atoms with Gasteiger partial charge in [-0.15, -0.1) is 22.7 Å². The number of morpholine rings is 1. The van der Waals surface area contributed by atoms with Gasteiger partial charge >= 0.3 is 0 Å². The maximum atomic E-state index is 13.5. The molecule has 1 N–H and O–H groups in total. The van der Waals surface area contributed by atoms with Crippen molar-refractivity contribution in [1.29, 1.82) is 0 Å². The van der Waals surface area contributed by atoms with Crippen LogP contribution in [0.15, 0.2) is 35.7 Å². The number of nitrogens with one attached hydrogen (secondary N) is 1. The van der Waals surface area contributed by atoms with Crippen LogP contribution < -0.4 is 5.32 Å². The van der Waals surface area contributed by atoms with E-state index in [1.807, 2.05) is 59.5 Å². The summed E-state index contributed by atoms with van der Waals surface area (Å²) in [5, 5.41) is 6.78. The minimum Gasteiger partial charge on any atom is -0.378 e. The Morgan fingerprint density at radius 2 is 1.94 bits per heavy atom. The van der Waals surface area contributed by atoms with Crippen LogP contribution in [0.4, 0.5) is 5.00 Å². The summed E-state index contributed by atoms with van der Waals surface area (Å²) >= 11 is 3.10. The van der Waals surface area contributed by atoms with Crippen molar-refractivity contribution >= 4 is 39.5 Å². The third-order valence-electron chi connectivity index (χ3n) is 5.70. The van der Waals surface area contributed by atoms with Gasteiger partial charge in [-0.3, -0.25) is 14.5 Å². The Morgan fingerprint density at radius 3 is 2.62 bits per heavy atom. The molecular formula is C25H30N4O3S2. The Kier molecular flexibility index (Phi) is 8.10. The van der Waals surface area contributed by atoms with E-state index in [0.29, 0.717) is 43.4 Å². The van der Waals surface area contributed by atoms with Crippen molar-refractivity contribution in [3.8, 4) is 10.4 Å². The SMILES string of the molecule is CCc1nc(CN(C)CC(=O)Nc2sc(-c3ccccc3)c(C)c2C(=O)N2CCOCC2)cs1. The van der Waals surface area contributed by atoms with Gasteiger partial charge in [0, 0.05) is 29.9 Å². The van der Waals surface area contributed by atoms with Crippen LogP contribution in [0.1, 0.15) is 33.5 Å². The molecular weight excluding hydrogens is 468 g/mol. The Morgan fingerprint density at radius 1 is 1.21 bits per heavy atom. The van der Waals surface area contributed by atoms with Crippen molar-refractivity contribution < 1.29 is 14.3 Å². The molecule has 1 aliphatic heterocycles. The summed E-state index contributed by atoms with van der Waals surface area (Å²) in [6.07, 6.45) is 0.913. The van der Waals surface area contributed by atoms with E-state index < -0.39 is 0 Å². The summed E-state index contributed by atoms with van der Waals surface area (Å²) in [5.41, 5.74) is 3.48. The number of thiazole rings is 1. The quantitative estimate of drug-likeness (QED) is 0.502. The van der Waals surface area contributed by atoms with E-state index in [4.69, 9.17) is 4.74 Å². The third kappa shape index (κ3) is 5.72. The molecule has 0 aliphatic carbocycles. The summed E-state index contributed by atoms with van der Waals surface area (Å²) in [5.74, 6) is -0.206. The zero-order chi connectivity index (χ0) is 24.1. The molecule has 3 heterocycles. The van der Waals surface area contributed by atoms with E-state index in [0.717, 1.165) is 33.1 Å². The predicted octanol–water partition coefficient (Wildman–Crippen LogP) is 4.29. The standard InChI is InChI=1S/C25H30N4O3S2/c1-4-21-26-19(16-33-21)14-28(3)15-20(30)27-24-22(25(31)29-10-12-32-13-11-29)17(2)23(34-24)18-8-6-5-7-9-18/h5-9,16H,4,10-15H2,1-3H3,(H,27,30). The molecule has 9 heteroatoms. The molecule has 0 unspecified atom stereocenters. The monoisotopic (exact) mass is 498 g/mol. The predicted molar refractivity (Wildman–Crippen MR) is 138 cm³/mol. The van der Waals surface area contributed by atoms with Gasteiger partial charge in [0.15, 0.2) is 0 Å². The van der Waals surface area contributed by atoms with Gasteiger partial charge in [-0.25, -0.2) is 4.98 Å². The van der Waals surface area contributed by atoms with Crippen molar-refractivity contribution in [2.45, 2.75) is 26.8 Å². The molecule has 0 bridgehead atoms. The molecule has 1 aliphatic rings. The van der Waals surface area contributed by atoms with E-state index >= 15 is 0 Å². The third-order valence-corrected chi connectivity index (χ3v) is 7.99. The summed E-state index contributed by atoms with van der Waals surface area (Å²) in [6, 6.07) is 9.98. The van der Waals surface area contributed by atoms with Crippen LogP contribution in [-0.4, -0.2) is 66.5 Å². The number of benzene rings is 1. The molecule has 4 rings (SSSR count). The van der Waals surface area contributed by atoms with Crippen molar-refractivity contribution in [3.05, 3.63) is 57.5 Å². The number of aryl methyl sites for hydroxylation is 1. The number of thiophene rings is 1. The van der Waals surface area contributed by atoms with Gasteiger partial charge in [0.1, 0.15) is 5.00 Å². The van der Waals surface area contributed by atoms with Crippen LogP contribution in [0.3, 0.4) is 0 Å². The molecule has 0 radical (unpaired) electrons. The highest BCUT2D eigenvalue weighted by Gasteiger charge is 2.28. The number of nitrogens with zero attached hydrogens (tertiary/aromatic N) is 3. The smallest absolute Gasteiger partial charge is 0.257 e. The van der Waals surface area contributed by atoms with E-state index in [-0.39, 0.29) is 18.4 Å². The van der Waals surface area contributed by atoms with Crippen LogP contribution in [0.2, 0.25) is 0 Å². The fourth-order valence-electron chi connectivity index (χ4n) is 3.98. The normalized spacial score (nSPS) is 13.9. The van der Waals surface area contributed by atoms with Crippen LogP contribution in [-0.2, 0) is 22.5 Å². The molecule has 1 saturated heterocycles. The van der Waals surface area contributed by atoms with E-state index in [9.17, 15) is 9.59 Å². The minimum atomic E-state index is -0.148. The highest BCUT2D eigenvalue weighted by Crippen LogP contribution is 2.40. The number of carbonyl (C=O) groups excluding carboxylic acids is 2. The van der Waals surface area contributed by atoms with Crippen molar-refractivity contribution in [3.63, 3.8) is 0 Å². The average Bonchev–Trinajstić information content (AvgIpc) is 3.43. The molecule has 7 nitrogen and oxygen atoms in total.